The molecule has 1 saturated carbocycles. The van der Waals surface area contributed by atoms with Crippen LogP contribution < -0.4 is 16.0 Å². The summed E-state index contributed by atoms with van der Waals surface area (Å²) in [5.74, 6) is -0.514. The van der Waals surface area contributed by atoms with Crippen molar-refractivity contribution in [3.8, 4) is 0 Å². The van der Waals surface area contributed by atoms with Gasteiger partial charge in [-0.3, -0.25) is 19.7 Å². The number of rotatable bonds is 5. The second-order valence-electron chi connectivity index (χ2n) is 10.1. The van der Waals surface area contributed by atoms with Crippen molar-refractivity contribution in [2.75, 3.05) is 11.9 Å². The molecule has 3 atom stereocenters. The number of nitrogens with zero attached hydrogens (tertiary/aromatic N) is 1. The highest BCUT2D eigenvalue weighted by atomic mass is 16.6. The van der Waals surface area contributed by atoms with Gasteiger partial charge in [-0.1, -0.05) is 6.07 Å². The zero-order valence-electron chi connectivity index (χ0n) is 19.4. The Kier molecular flexibility index (Phi) is 6.32. The molecule has 2 aliphatic heterocycles. The van der Waals surface area contributed by atoms with Crippen LogP contribution in [0.25, 0.3) is 0 Å². The number of anilines is 1. The lowest BCUT2D eigenvalue weighted by atomic mass is 10.0. The molecular formula is C24H32N4O5. The molecule has 178 valence electrons. The highest BCUT2D eigenvalue weighted by Gasteiger charge is 2.40. The predicted octanol–water partition coefficient (Wildman–Crippen LogP) is 2.55. The first kappa shape index (κ1) is 23.1. The van der Waals surface area contributed by atoms with Gasteiger partial charge in [0.1, 0.15) is 11.6 Å². The van der Waals surface area contributed by atoms with Crippen molar-refractivity contribution in [1.29, 1.82) is 0 Å². The van der Waals surface area contributed by atoms with Gasteiger partial charge in [-0.2, -0.15) is 0 Å². The van der Waals surface area contributed by atoms with Crippen LogP contribution in [-0.2, 0) is 20.9 Å². The van der Waals surface area contributed by atoms with Gasteiger partial charge in [-0.05, 0) is 64.5 Å². The van der Waals surface area contributed by atoms with Crippen molar-refractivity contribution in [3.05, 3.63) is 29.3 Å². The zero-order valence-corrected chi connectivity index (χ0v) is 19.4. The Morgan fingerprint density at radius 1 is 1.18 bits per heavy atom. The number of amides is 4. The summed E-state index contributed by atoms with van der Waals surface area (Å²) in [4.78, 5) is 50.3. The molecule has 1 aliphatic carbocycles. The molecule has 3 aliphatic rings. The van der Waals surface area contributed by atoms with Crippen molar-refractivity contribution in [1.82, 2.24) is 15.5 Å². The maximum absolute atomic E-state index is 13.0. The quantitative estimate of drug-likeness (QED) is 0.587. The van der Waals surface area contributed by atoms with Crippen LogP contribution in [-0.4, -0.2) is 52.9 Å². The molecule has 0 bridgehead atoms. The van der Waals surface area contributed by atoms with Gasteiger partial charge in [-0.15, -0.1) is 0 Å². The van der Waals surface area contributed by atoms with Gasteiger partial charge in [0.2, 0.25) is 11.8 Å². The fourth-order valence-electron chi connectivity index (χ4n) is 4.87. The maximum Gasteiger partial charge on any atom is 0.407 e. The van der Waals surface area contributed by atoms with Crippen LogP contribution in [0, 0.1) is 5.92 Å². The third-order valence-electron chi connectivity index (χ3n) is 6.42. The average Bonchev–Trinajstić information content (AvgIpc) is 3.31. The summed E-state index contributed by atoms with van der Waals surface area (Å²) in [6.45, 7) is 6.44. The number of alkyl carbamates (subject to hydrolysis) is 1. The van der Waals surface area contributed by atoms with Gasteiger partial charge in [0.25, 0.3) is 5.91 Å². The van der Waals surface area contributed by atoms with Crippen molar-refractivity contribution in [2.24, 2.45) is 5.92 Å². The SMILES string of the molecule is CC(C)(C)OC(=O)NC[C@H]1CC[C@@H](Nc2cccc3c2CN(C2CCC(=O)NC2=O)C3=O)C1. The Bertz CT molecular complexity index is 970. The van der Waals surface area contributed by atoms with Crippen LogP contribution in [0.15, 0.2) is 18.2 Å². The Labute approximate surface area is 193 Å². The van der Waals surface area contributed by atoms with E-state index in [1.165, 1.54) is 0 Å². The summed E-state index contributed by atoms with van der Waals surface area (Å²) in [6, 6.07) is 5.22. The smallest absolute Gasteiger partial charge is 0.407 e. The van der Waals surface area contributed by atoms with Crippen LogP contribution in [0.2, 0.25) is 0 Å². The molecule has 0 spiro atoms. The number of imide groups is 1. The van der Waals surface area contributed by atoms with Crippen LogP contribution in [0.3, 0.4) is 0 Å². The second kappa shape index (κ2) is 9.03. The van der Waals surface area contributed by atoms with E-state index >= 15 is 0 Å². The van der Waals surface area contributed by atoms with Gasteiger partial charge < -0.3 is 20.3 Å². The molecule has 1 unspecified atom stereocenters. The molecule has 1 aromatic carbocycles. The fraction of sp³-hybridized carbons (Fsp3) is 0.583. The largest absolute Gasteiger partial charge is 0.444 e. The molecular weight excluding hydrogens is 424 g/mol. The Morgan fingerprint density at radius 2 is 1.97 bits per heavy atom. The van der Waals surface area contributed by atoms with Gasteiger partial charge >= 0.3 is 6.09 Å². The summed E-state index contributed by atoms with van der Waals surface area (Å²) < 4.78 is 5.30. The molecule has 1 aromatic rings. The zero-order chi connectivity index (χ0) is 23.8. The van der Waals surface area contributed by atoms with Gasteiger partial charge in [0.15, 0.2) is 0 Å². The molecule has 33 heavy (non-hydrogen) atoms. The molecule has 4 rings (SSSR count). The molecule has 9 heteroatoms. The van der Waals surface area contributed by atoms with Crippen molar-refractivity contribution in [3.63, 3.8) is 0 Å². The van der Waals surface area contributed by atoms with E-state index in [2.05, 4.69) is 16.0 Å². The lowest BCUT2D eigenvalue weighted by molar-refractivity contribution is -0.136. The van der Waals surface area contributed by atoms with Crippen molar-refractivity contribution >= 4 is 29.5 Å². The summed E-state index contributed by atoms with van der Waals surface area (Å²) in [5, 5.41) is 8.78. The minimum atomic E-state index is -0.620. The fourth-order valence-corrected chi connectivity index (χ4v) is 4.87. The number of carbonyl (C=O) groups excluding carboxylic acids is 4. The highest BCUT2D eigenvalue weighted by molar-refractivity contribution is 6.06. The average molecular weight is 457 g/mol. The van der Waals surface area contributed by atoms with Crippen molar-refractivity contribution in [2.45, 2.75) is 77.1 Å². The number of piperidine rings is 1. The first-order valence-electron chi connectivity index (χ1n) is 11.6. The summed E-state index contributed by atoms with van der Waals surface area (Å²) in [5.41, 5.74) is 1.88. The number of hydrogen-bond acceptors (Lipinski definition) is 6. The number of nitrogens with one attached hydrogen (secondary N) is 3. The van der Waals surface area contributed by atoms with E-state index < -0.39 is 23.6 Å². The first-order chi connectivity index (χ1) is 15.6. The maximum atomic E-state index is 13.0. The van der Waals surface area contributed by atoms with Crippen molar-refractivity contribution < 1.29 is 23.9 Å². The molecule has 2 heterocycles. The van der Waals surface area contributed by atoms with E-state index in [4.69, 9.17) is 4.74 Å². The monoisotopic (exact) mass is 456 g/mol. The van der Waals surface area contributed by atoms with E-state index in [1.54, 1.807) is 11.0 Å². The Morgan fingerprint density at radius 3 is 2.70 bits per heavy atom. The molecule has 1 saturated heterocycles. The van der Waals surface area contributed by atoms with Crippen LogP contribution >= 0.6 is 0 Å². The summed E-state index contributed by atoms with van der Waals surface area (Å²) in [6.07, 6.45) is 3.06. The number of benzene rings is 1. The Balaban J connectivity index is 1.35. The van der Waals surface area contributed by atoms with Gasteiger partial charge in [0.05, 0.1) is 0 Å². The van der Waals surface area contributed by atoms with E-state index in [0.717, 1.165) is 30.5 Å². The minimum absolute atomic E-state index is 0.172. The molecule has 2 fully saturated rings. The number of ether oxygens (including phenoxy) is 1. The third-order valence-corrected chi connectivity index (χ3v) is 6.42. The lowest BCUT2D eigenvalue weighted by Gasteiger charge is -2.29. The third kappa shape index (κ3) is 5.29. The molecule has 0 radical (unpaired) electrons. The van der Waals surface area contributed by atoms with E-state index in [0.29, 0.717) is 31.0 Å². The Hall–Kier alpha value is -3.10. The molecule has 9 nitrogen and oxygen atoms in total. The van der Waals surface area contributed by atoms with Crippen LogP contribution in [0.4, 0.5) is 10.5 Å². The molecule has 3 N–H and O–H groups in total. The highest BCUT2D eigenvalue weighted by Crippen LogP contribution is 2.35. The van der Waals surface area contributed by atoms with E-state index in [9.17, 15) is 19.2 Å². The first-order valence-corrected chi connectivity index (χ1v) is 11.6. The van der Waals surface area contributed by atoms with E-state index in [-0.39, 0.29) is 24.3 Å². The lowest BCUT2D eigenvalue weighted by Crippen LogP contribution is -2.52. The minimum Gasteiger partial charge on any atom is -0.444 e. The number of hydrogen-bond donors (Lipinski definition) is 3. The number of carbonyl (C=O) groups is 4. The summed E-state index contributed by atoms with van der Waals surface area (Å²) in [7, 11) is 0. The predicted molar refractivity (Wildman–Crippen MR) is 121 cm³/mol. The number of fused-ring (bicyclic) bond motifs is 1. The molecule has 4 amide bonds. The normalized spacial score (nSPS) is 25.0. The van der Waals surface area contributed by atoms with Crippen LogP contribution in [0.5, 0.6) is 0 Å². The second-order valence-corrected chi connectivity index (χ2v) is 10.1. The topological polar surface area (TPSA) is 117 Å². The summed E-state index contributed by atoms with van der Waals surface area (Å²) >= 11 is 0. The van der Waals surface area contributed by atoms with E-state index in [1.807, 2.05) is 32.9 Å². The van der Waals surface area contributed by atoms with Gasteiger partial charge in [0, 0.05) is 42.4 Å². The van der Waals surface area contributed by atoms with Gasteiger partial charge in [-0.25, -0.2) is 4.79 Å². The molecule has 0 aromatic heterocycles. The standard InChI is InChI=1S/C24H32N4O5/c1-24(2,3)33-23(32)25-12-14-7-8-15(11-14)26-18-6-4-5-16-17(18)13-28(22(16)31)19-9-10-20(29)27-21(19)30/h4-6,14-15,19,26H,7-13H2,1-3H3,(H,25,32)(H,27,29,30)/t14-,15+,19?/m0/s1. The van der Waals surface area contributed by atoms with Crippen LogP contribution in [0.1, 0.15) is 68.8 Å².